The Kier molecular flexibility index (Phi) is 6.25. The van der Waals surface area contributed by atoms with Crippen molar-refractivity contribution in [3.05, 3.63) is 0 Å². The molecule has 0 radical (unpaired) electrons. The Morgan fingerprint density at radius 2 is 2.08 bits per heavy atom. The van der Waals surface area contributed by atoms with Gasteiger partial charge in [0.2, 0.25) is 0 Å². The Labute approximate surface area is 74.1 Å². The van der Waals surface area contributed by atoms with E-state index in [-0.39, 0.29) is 6.10 Å². The Balaban J connectivity index is 3.87. The molecule has 0 amide bonds. The maximum absolute atomic E-state index is 11.1. The number of ether oxygens (including phenoxy) is 1. The van der Waals surface area contributed by atoms with Crippen molar-refractivity contribution in [2.45, 2.75) is 26.9 Å². The van der Waals surface area contributed by atoms with Crippen molar-refractivity contribution in [2.24, 2.45) is 0 Å². The quantitative estimate of drug-likeness (QED) is 0.631. The second kappa shape index (κ2) is 6.35. The standard InChI is InChI=1S/C7H15O4P/c1-5-10-7(8)12(9-4)11-6(2)3/h6H,5H2,1-4H3. The zero-order valence-electron chi connectivity index (χ0n) is 7.86. The number of carbonyl (C=O) groups excluding carboxylic acids is 1. The highest BCUT2D eigenvalue weighted by atomic mass is 31.2. The first kappa shape index (κ1) is 11.8. The lowest BCUT2D eigenvalue weighted by atomic mass is 10.5. The third kappa shape index (κ3) is 4.65. The first-order chi connectivity index (χ1) is 5.61. The summed E-state index contributed by atoms with van der Waals surface area (Å²) in [6.07, 6.45) is -0.0273. The van der Waals surface area contributed by atoms with E-state index < -0.39 is 14.1 Å². The molecule has 0 spiro atoms. The molecule has 1 atom stereocenters. The SMILES string of the molecule is CCOC(=O)P(OC)OC(C)C. The minimum absolute atomic E-state index is 0.0273. The van der Waals surface area contributed by atoms with Gasteiger partial charge in [-0.2, -0.15) is 0 Å². The van der Waals surface area contributed by atoms with Gasteiger partial charge in [0.15, 0.2) is 0 Å². The lowest BCUT2D eigenvalue weighted by Gasteiger charge is -2.14. The maximum Gasteiger partial charge on any atom is 0.384 e. The molecule has 0 saturated heterocycles. The summed E-state index contributed by atoms with van der Waals surface area (Å²) >= 11 is 0. The van der Waals surface area contributed by atoms with Crippen LogP contribution in [0.5, 0.6) is 0 Å². The van der Waals surface area contributed by atoms with Gasteiger partial charge in [0.05, 0.1) is 12.7 Å². The van der Waals surface area contributed by atoms with Crippen molar-refractivity contribution in [3.8, 4) is 0 Å². The van der Waals surface area contributed by atoms with Crippen molar-refractivity contribution >= 4 is 14.1 Å². The monoisotopic (exact) mass is 194 g/mol. The van der Waals surface area contributed by atoms with E-state index in [1.165, 1.54) is 7.11 Å². The maximum atomic E-state index is 11.1. The largest absolute Gasteiger partial charge is 0.459 e. The summed E-state index contributed by atoms with van der Waals surface area (Å²) in [5, 5.41) is 0. The molecule has 4 nitrogen and oxygen atoms in total. The van der Waals surface area contributed by atoms with Gasteiger partial charge in [0.25, 0.3) is 8.38 Å². The van der Waals surface area contributed by atoms with Crippen molar-refractivity contribution < 1.29 is 18.6 Å². The molecule has 0 rings (SSSR count). The van der Waals surface area contributed by atoms with Gasteiger partial charge in [-0.3, -0.25) is 0 Å². The van der Waals surface area contributed by atoms with Crippen molar-refractivity contribution in [1.82, 2.24) is 0 Å². The molecule has 0 bridgehead atoms. The van der Waals surface area contributed by atoms with Gasteiger partial charge in [0, 0.05) is 7.11 Å². The van der Waals surface area contributed by atoms with E-state index in [1.54, 1.807) is 6.92 Å². The normalized spacial score (nSPS) is 13.1. The van der Waals surface area contributed by atoms with Gasteiger partial charge in [-0.05, 0) is 20.8 Å². The predicted octanol–water partition coefficient (Wildman–Crippen LogP) is 2.53. The fourth-order valence-electron chi connectivity index (χ4n) is 0.528. The van der Waals surface area contributed by atoms with Gasteiger partial charge in [-0.1, -0.05) is 0 Å². The van der Waals surface area contributed by atoms with E-state index in [1.807, 2.05) is 13.8 Å². The van der Waals surface area contributed by atoms with Crippen LogP contribution in [0.2, 0.25) is 0 Å². The summed E-state index contributed by atoms with van der Waals surface area (Å²) in [6, 6.07) is 0. The van der Waals surface area contributed by atoms with Crippen LogP contribution in [0.3, 0.4) is 0 Å². The Morgan fingerprint density at radius 3 is 2.42 bits per heavy atom. The Hall–Kier alpha value is -0.180. The van der Waals surface area contributed by atoms with Gasteiger partial charge < -0.3 is 13.8 Å². The highest BCUT2D eigenvalue weighted by Gasteiger charge is 2.22. The van der Waals surface area contributed by atoms with E-state index in [4.69, 9.17) is 13.8 Å². The number of rotatable bonds is 5. The van der Waals surface area contributed by atoms with Gasteiger partial charge >= 0.3 is 5.71 Å². The fraction of sp³-hybridized carbons (Fsp3) is 0.857. The minimum Gasteiger partial charge on any atom is -0.459 e. The number of hydrogen-bond donors (Lipinski definition) is 0. The van der Waals surface area contributed by atoms with Crippen LogP contribution >= 0.6 is 8.38 Å². The topological polar surface area (TPSA) is 44.8 Å². The summed E-state index contributed by atoms with van der Waals surface area (Å²) in [7, 11) is -0.0906. The summed E-state index contributed by atoms with van der Waals surface area (Å²) in [6.45, 7) is 5.78. The van der Waals surface area contributed by atoms with E-state index in [9.17, 15) is 4.79 Å². The second-order valence-electron chi connectivity index (χ2n) is 2.29. The third-order valence-electron chi connectivity index (χ3n) is 0.889. The number of carbonyl (C=O) groups is 1. The molecule has 0 heterocycles. The van der Waals surface area contributed by atoms with Gasteiger partial charge in [-0.15, -0.1) is 0 Å². The van der Waals surface area contributed by atoms with Crippen LogP contribution in [0.1, 0.15) is 20.8 Å². The average molecular weight is 194 g/mol. The molecular formula is C7H15O4P. The van der Waals surface area contributed by atoms with E-state index in [0.717, 1.165) is 0 Å². The van der Waals surface area contributed by atoms with E-state index >= 15 is 0 Å². The van der Waals surface area contributed by atoms with Gasteiger partial charge in [0.1, 0.15) is 0 Å². The van der Waals surface area contributed by atoms with E-state index in [2.05, 4.69) is 0 Å². The van der Waals surface area contributed by atoms with Crippen molar-refractivity contribution in [2.75, 3.05) is 13.7 Å². The van der Waals surface area contributed by atoms with Crippen LogP contribution in [0, 0.1) is 0 Å². The average Bonchev–Trinajstić information content (AvgIpc) is 2.00. The molecule has 0 N–H and O–H groups in total. The minimum atomic E-state index is -1.53. The summed E-state index contributed by atoms with van der Waals surface area (Å²) < 4.78 is 14.8. The smallest absolute Gasteiger partial charge is 0.384 e. The molecule has 1 unspecified atom stereocenters. The molecule has 0 aliphatic carbocycles. The van der Waals surface area contributed by atoms with Crippen LogP contribution in [0.4, 0.5) is 4.79 Å². The molecule has 0 aromatic rings. The third-order valence-corrected chi connectivity index (χ3v) is 2.26. The zero-order chi connectivity index (χ0) is 9.56. The van der Waals surface area contributed by atoms with Crippen LogP contribution in [-0.2, 0) is 13.8 Å². The lowest BCUT2D eigenvalue weighted by Crippen LogP contribution is -2.07. The van der Waals surface area contributed by atoms with E-state index in [0.29, 0.717) is 6.61 Å². The molecule has 0 fully saturated rings. The Morgan fingerprint density at radius 1 is 1.50 bits per heavy atom. The molecule has 0 saturated carbocycles. The van der Waals surface area contributed by atoms with Crippen molar-refractivity contribution in [1.29, 1.82) is 0 Å². The molecule has 5 heteroatoms. The number of hydrogen-bond acceptors (Lipinski definition) is 4. The van der Waals surface area contributed by atoms with Crippen molar-refractivity contribution in [3.63, 3.8) is 0 Å². The highest BCUT2D eigenvalue weighted by Crippen LogP contribution is 2.40. The fourth-order valence-corrected chi connectivity index (χ4v) is 1.47. The van der Waals surface area contributed by atoms with Gasteiger partial charge in [-0.25, -0.2) is 4.79 Å². The summed E-state index contributed by atoms with van der Waals surface area (Å²) in [5.74, 6) is 0. The van der Waals surface area contributed by atoms with Crippen LogP contribution in [-0.4, -0.2) is 25.5 Å². The first-order valence-corrected chi connectivity index (χ1v) is 4.97. The molecule has 0 aliphatic rings. The van der Waals surface area contributed by atoms with Crippen LogP contribution in [0.15, 0.2) is 0 Å². The molecule has 0 aliphatic heterocycles. The molecule has 0 aromatic heterocycles. The lowest BCUT2D eigenvalue weighted by molar-refractivity contribution is 0.160. The highest BCUT2D eigenvalue weighted by molar-refractivity contribution is 7.65. The molecule has 0 aromatic carbocycles. The van der Waals surface area contributed by atoms with Crippen LogP contribution < -0.4 is 0 Å². The first-order valence-electron chi connectivity index (χ1n) is 3.79. The molecule has 12 heavy (non-hydrogen) atoms. The molecule has 72 valence electrons. The zero-order valence-corrected chi connectivity index (χ0v) is 8.76. The predicted molar refractivity (Wildman–Crippen MR) is 47.2 cm³/mol. The summed E-state index contributed by atoms with van der Waals surface area (Å²) in [5.41, 5.74) is -0.413. The molecular weight excluding hydrogens is 179 g/mol. The summed E-state index contributed by atoms with van der Waals surface area (Å²) in [4.78, 5) is 11.1. The second-order valence-corrected chi connectivity index (χ2v) is 3.75. The van der Waals surface area contributed by atoms with Crippen LogP contribution in [0.25, 0.3) is 0 Å². The Bertz CT molecular complexity index is 137.